The number of aliphatic hydroxyl groups is 1. The number of hydrogen-bond donors (Lipinski definition) is 2. The van der Waals surface area contributed by atoms with Gasteiger partial charge in [-0.2, -0.15) is 12.7 Å². The van der Waals surface area contributed by atoms with Gasteiger partial charge in [0.1, 0.15) is 0 Å². The molecule has 2 fully saturated rings. The summed E-state index contributed by atoms with van der Waals surface area (Å²) in [5, 5.41) is 9.31. The van der Waals surface area contributed by atoms with Crippen LogP contribution >= 0.6 is 0 Å². The van der Waals surface area contributed by atoms with Crippen molar-refractivity contribution in [2.24, 2.45) is 5.92 Å². The number of rotatable bonds is 5. The second-order valence-corrected chi connectivity index (χ2v) is 7.51. The van der Waals surface area contributed by atoms with E-state index >= 15 is 0 Å². The van der Waals surface area contributed by atoms with Crippen molar-refractivity contribution < 1.29 is 13.5 Å². The first-order valence-corrected chi connectivity index (χ1v) is 8.95. The number of aliphatic hydroxyl groups excluding tert-OH is 1. The van der Waals surface area contributed by atoms with E-state index in [9.17, 15) is 13.5 Å². The molecule has 2 rings (SSSR count). The quantitative estimate of drug-likeness (QED) is 0.800. The highest BCUT2D eigenvalue weighted by atomic mass is 32.2. The fraction of sp³-hybridized carbons (Fsp3) is 1.00. The molecular formula is C13H26N2O3S. The van der Waals surface area contributed by atoms with E-state index in [0.717, 1.165) is 32.1 Å². The second-order valence-electron chi connectivity index (χ2n) is 5.80. The van der Waals surface area contributed by atoms with Crippen molar-refractivity contribution in [3.63, 3.8) is 0 Å². The molecule has 0 aromatic rings. The van der Waals surface area contributed by atoms with Crippen LogP contribution in [0.2, 0.25) is 0 Å². The van der Waals surface area contributed by atoms with Crippen molar-refractivity contribution in [1.82, 2.24) is 9.03 Å². The van der Waals surface area contributed by atoms with Crippen molar-refractivity contribution in [2.45, 2.75) is 57.4 Å². The summed E-state index contributed by atoms with van der Waals surface area (Å²) in [6, 6.07) is -0.238. The largest absolute Gasteiger partial charge is 0.395 e. The van der Waals surface area contributed by atoms with Gasteiger partial charge in [0.2, 0.25) is 0 Å². The Labute approximate surface area is 116 Å². The summed E-state index contributed by atoms with van der Waals surface area (Å²) in [6.45, 7) is 1.01. The highest BCUT2D eigenvalue weighted by Crippen LogP contribution is 2.24. The van der Waals surface area contributed by atoms with E-state index in [1.54, 1.807) is 0 Å². The van der Waals surface area contributed by atoms with Crippen LogP contribution in [0.25, 0.3) is 0 Å². The average Bonchev–Trinajstić information content (AvgIpc) is 2.46. The minimum Gasteiger partial charge on any atom is -0.395 e. The molecule has 1 heterocycles. The van der Waals surface area contributed by atoms with E-state index in [2.05, 4.69) is 4.72 Å². The maximum absolute atomic E-state index is 12.3. The Morgan fingerprint density at radius 1 is 1.05 bits per heavy atom. The number of nitrogens with one attached hydrogen (secondary N) is 1. The predicted octanol–water partition coefficient (Wildman–Crippen LogP) is 1.25. The van der Waals surface area contributed by atoms with Crippen LogP contribution in [0.5, 0.6) is 0 Å². The van der Waals surface area contributed by atoms with Gasteiger partial charge in [-0.15, -0.1) is 0 Å². The van der Waals surface area contributed by atoms with Gasteiger partial charge in [-0.05, 0) is 31.6 Å². The molecule has 0 radical (unpaired) electrons. The maximum Gasteiger partial charge on any atom is 0.279 e. The van der Waals surface area contributed by atoms with Crippen molar-refractivity contribution in [2.75, 3.05) is 19.7 Å². The Morgan fingerprint density at radius 3 is 2.42 bits per heavy atom. The molecule has 1 aliphatic carbocycles. The monoisotopic (exact) mass is 290 g/mol. The molecule has 1 unspecified atom stereocenters. The highest BCUT2D eigenvalue weighted by Gasteiger charge is 2.32. The molecule has 112 valence electrons. The predicted molar refractivity (Wildman–Crippen MR) is 74.9 cm³/mol. The van der Waals surface area contributed by atoms with Crippen LogP contribution < -0.4 is 4.72 Å². The minimum absolute atomic E-state index is 0.0790. The summed E-state index contributed by atoms with van der Waals surface area (Å²) in [5.74, 6) is 0.487. The topological polar surface area (TPSA) is 69.6 Å². The smallest absolute Gasteiger partial charge is 0.279 e. The normalized spacial score (nSPS) is 27.5. The van der Waals surface area contributed by atoms with Crippen LogP contribution in [0.3, 0.4) is 0 Å². The van der Waals surface area contributed by atoms with Crippen molar-refractivity contribution in [3.05, 3.63) is 0 Å². The van der Waals surface area contributed by atoms with E-state index < -0.39 is 10.2 Å². The summed E-state index contributed by atoms with van der Waals surface area (Å²) in [4.78, 5) is 0. The third-order valence-electron chi connectivity index (χ3n) is 4.37. The van der Waals surface area contributed by atoms with E-state index in [1.807, 2.05) is 0 Å². The van der Waals surface area contributed by atoms with Crippen LogP contribution in [-0.2, 0) is 10.2 Å². The van der Waals surface area contributed by atoms with Gasteiger partial charge >= 0.3 is 0 Å². The third kappa shape index (κ3) is 4.15. The zero-order valence-corrected chi connectivity index (χ0v) is 12.4. The first-order valence-electron chi connectivity index (χ1n) is 7.51. The summed E-state index contributed by atoms with van der Waals surface area (Å²) >= 11 is 0. The zero-order chi connectivity index (χ0) is 13.7. The maximum atomic E-state index is 12.3. The molecule has 19 heavy (non-hydrogen) atoms. The Balaban J connectivity index is 1.89. The molecule has 0 spiro atoms. The number of nitrogens with zero attached hydrogens (tertiary/aromatic N) is 1. The highest BCUT2D eigenvalue weighted by molar-refractivity contribution is 7.87. The lowest BCUT2D eigenvalue weighted by atomic mass is 9.90. The second kappa shape index (κ2) is 7.02. The van der Waals surface area contributed by atoms with Crippen LogP contribution in [0.4, 0.5) is 0 Å². The van der Waals surface area contributed by atoms with Crippen LogP contribution in [-0.4, -0.2) is 43.6 Å². The standard InChI is InChI=1S/C13H26N2O3S/c16-11-13-8-4-5-9-15(13)19(17,18)14-10-12-6-2-1-3-7-12/h12-14,16H,1-11H2. The molecular weight excluding hydrogens is 264 g/mol. The molecule has 1 atom stereocenters. The van der Waals surface area contributed by atoms with E-state index in [4.69, 9.17) is 0 Å². The summed E-state index contributed by atoms with van der Waals surface area (Å²) in [6.07, 6.45) is 8.63. The Bertz CT molecular complexity index is 366. The fourth-order valence-electron chi connectivity index (χ4n) is 3.17. The van der Waals surface area contributed by atoms with Crippen LogP contribution in [0, 0.1) is 5.92 Å². The van der Waals surface area contributed by atoms with Gasteiger partial charge in [0.15, 0.2) is 0 Å². The first kappa shape index (κ1) is 15.2. The average molecular weight is 290 g/mol. The molecule has 1 saturated heterocycles. The molecule has 0 aromatic heterocycles. The van der Waals surface area contributed by atoms with E-state index in [1.165, 1.54) is 23.6 Å². The molecule has 6 heteroatoms. The van der Waals surface area contributed by atoms with Gasteiger partial charge in [-0.1, -0.05) is 25.7 Å². The number of piperidine rings is 1. The third-order valence-corrected chi connectivity index (χ3v) is 6.00. The van der Waals surface area contributed by atoms with E-state index in [-0.39, 0.29) is 12.6 Å². The van der Waals surface area contributed by atoms with Gasteiger partial charge in [-0.3, -0.25) is 0 Å². The Kier molecular flexibility index (Phi) is 5.62. The van der Waals surface area contributed by atoms with Gasteiger partial charge in [0.05, 0.1) is 6.61 Å². The summed E-state index contributed by atoms with van der Waals surface area (Å²) in [5.41, 5.74) is 0. The van der Waals surface area contributed by atoms with Gasteiger partial charge in [0.25, 0.3) is 10.2 Å². The first-order chi connectivity index (χ1) is 9.13. The lowest BCUT2D eigenvalue weighted by molar-refractivity contribution is 0.153. The molecule has 5 nitrogen and oxygen atoms in total. The lowest BCUT2D eigenvalue weighted by Gasteiger charge is -2.34. The molecule has 2 N–H and O–H groups in total. The molecule has 0 aromatic carbocycles. The van der Waals surface area contributed by atoms with Crippen molar-refractivity contribution in [1.29, 1.82) is 0 Å². The molecule has 1 saturated carbocycles. The molecule has 0 amide bonds. The van der Waals surface area contributed by atoms with Crippen molar-refractivity contribution >= 4 is 10.2 Å². The zero-order valence-electron chi connectivity index (χ0n) is 11.6. The molecule has 0 bridgehead atoms. The minimum atomic E-state index is -3.42. The molecule has 2 aliphatic rings. The fourth-order valence-corrected chi connectivity index (χ4v) is 4.72. The van der Waals surface area contributed by atoms with Gasteiger partial charge in [-0.25, -0.2) is 4.72 Å². The summed E-state index contributed by atoms with van der Waals surface area (Å²) in [7, 11) is -3.42. The van der Waals surface area contributed by atoms with Crippen molar-refractivity contribution in [3.8, 4) is 0 Å². The van der Waals surface area contributed by atoms with Gasteiger partial charge < -0.3 is 5.11 Å². The Morgan fingerprint density at radius 2 is 1.74 bits per heavy atom. The SMILES string of the molecule is O=S(=O)(NCC1CCCCC1)N1CCCCC1CO. The number of hydrogen-bond acceptors (Lipinski definition) is 3. The Hall–Kier alpha value is -0.170. The molecule has 1 aliphatic heterocycles. The van der Waals surface area contributed by atoms with E-state index in [0.29, 0.717) is 19.0 Å². The van der Waals surface area contributed by atoms with Crippen LogP contribution in [0.15, 0.2) is 0 Å². The summed E-state index contributed by atoms with van der Waals surface area (Å²) < 4.78 is 28.8. The lowest BCUT2D eigenvalue weighted by Crippen LogP contribution is -2.51. The van der Waals surface area contributed by atoms with Gasteiger partial charge in [0, 0.05) is 19.1 Å². The van der Waals surface area contributed by atoms with Crippen LogP contribution in [0.1, 0.15) is 51.4 Å².